The smallest absolute Gasteiger partial charge is 0.176 e. The number of nitrogens with one attached hydrogen (secondary N) is 1. The minimum Gasteiger partial charge on any atom is -0.487 e. The summed E-state index contributed by atoms with van der Waals surface area (Å²) in [6, 6.07) is 5.54. The summed E-state index contributed by atoms with van der Waals surface area (Å²) in [6.07, 6.45) is 3.73. The Balaban J connectivity index is 2.08. The molecule has 1 heterocycles. The van der Waals surface area contributed by atoms with E-state index < -0.39 is 0 Å². The second-order valence-electron chi connectivity index (χ2n) is 5.21. The van der Waals surface area contributed by atoms with Crippen molar-refractivity contribution in [1.82, 2.24) is 4.90 Å². The highest BCUT2D eigenvalue weighted by molar-refractivity contribution is 5.98. The minimum atomic E-state index is 0.0851. The molecule has 112 valence electrons. The van der Waals surface area contributed by atoms with E-state index in [1.165, 1.54) is 0 Å². The SMILES string of the molecule is C=CCN(CC=C)CC(=O)c1ccc2c(c1)NCC(C)O2. The van der Waals surface area contributed by atoms with E-state index >= 15 is 0 Å². The van der Waals surface area contributed by atoms with Gasteiger partial charge in [-0.15, -0.1) is 13.2 Å². The predicted octanol–water partition coefficient (Wildman–Crippen LogP) is 2.74. The van der Waals surface area contributed by atoms with Crippen molar-refractivity contribution in [3.8, 4) is 5.75 Å². The zero-order chi connectivity index (χ0) is 15.2. The number of Topliss-reactive ketones (excluding diaryl/α,β-unsaturated/α-hetero) is 1. The molecule has 4 heteroatoms. The summed E-state index contributed by atoms with van der Waals surface area (Å²) in [7, 11) is 0. The third-order valence-electron chi connectivity index (χ3n) is 3.35. The monoisotopic (exact) mass is 286 g/mol. The molecule has 4 nitrogen and oxygen atoms in total. The second kappa shape index (κ2) is 7.09. The normalized spacial score (nSPS) is 16.6. The standard InChI is InChI=1S/C17H22N2O2/c1-4-8-19(9-5-2)12-16(20)14-6-7-17-15(10-14)18-11-13(3)21-17/h4-7,10,13,18H,1-2,8-9,11-12H2,3H3. The van der Waals surface area contributed by atoms with Gasteiger partial charge in [-0.05, 0) is 25.1 Å². The van der Waals surface area contributed by atoms with Gasteiger partial charge in [-0.25, -0.2) is 0 Å². The summed E-state index contributed by atoms with van der Waals surface area (Å²) in [6.45, 7) is 11.9. The molecular weight excluding hydrogens is 264 g/mol. The van der Waals surface area contributed by atoms with Crippen LogP contribution >= 0.6 is 0 Å². The van der Waals surface area contributed by atoms with Crippen LogP contribution in [0.2, 0.25) is 0 Å². The molecule has 1 aliphatic heterocycles. The molecule has 1 unspecified atom stereocenters. The number of carbonyl (C=O) groups is 1. The molecule has 0 saturated heterocycles. The minimum absolute atomic E-state index is 0.0851. The number of anilines is 1. The Hall–Kier alpha value is -2.07. The number of nitrogens with zero attached hydrogens (tertiary/aromatic N) is 1. The highest BCUT2D eigenvalue weighted by Crippen LogP contribution is 2.30. The van der Waals surface area contributed by atoms with E-state index in [2.05, 4.69) is 18.5 Å². The summed E-state index contributed by atoms with van der Waals surface area (Å²) in [5.41, 5.74) is 1.58. The van der Waals surface area contributed by atoms with Crippen molar-refractivity contribution in [3.63, 3.8) is 0 Å². The van der Waals surface area contributed by atoms with Gasteiger partial charge < -0.3 is 10.1 Å². The summed E-state index contributed by atoms with van der Waals surface area (Å²) in [5, 5.41) is 3.29. The van der Waals surface area contributed by atoms with E-state index in [4.69, 9.17) is 4.74 Å². The number of rotatable bonds is 7. The molecule has 0 radical (unpaired) electrons. The molecule has 1 aliphatic rings. The van der Waals surface area contributed by atoms with Gasteiger partial charge in [-0.2, -0.15) is 0 Å². The van der Waals surface area contributed by atoms with Crippen LogP contribution in [-0.2, 0) is 0 Å². The lowest BCUT2D eigenvalue weighted by molar-refractivity contribution is 0.0944. The van der Waals surface area contributed by atoms with Crippen molar-refractivity contribution in [1.29, 1.82) is 0 Å². The van der Waals surface area contributed by atoms with E-state index in [9.17, 15) is 4.79 Å². The number of benzene rings is 1. The summed E-state index contributed by atoms with van der Waals surface area (Å²) >= 11 is 0. The van der Waals surface area contributed by atoms with Gasteiger partial charge in [-0.3, -0.25) is 9.69 Å². The Labute approximate surface area is 126 Å². The maximum atomic E-state index is 12.4. The van der Waals surface area contributed by atoms with Gasteiger partial charge in [0.2, 0.25) is 0 Å². The highest BCUT2D eigenvalue weighted by atomic mass is 16.5. The van der Waals surface area contributed by atoms with Crippen molar-refractivity contribution in [3.05, 3.63) is 49.1 Å². The summed E-state index contributed by atoms with van der Waals surface area (Å²) < 4.78 is 5.71. The van der Waals surface area contributed by atoms with E-state index in [-0.39, 0.29) is 11.9 Å². The van der Waals surface area contributed by atoms with Gasteiger partial charge in [0.05, 0.1) is 18.8 Å². The number of carbonyl (C=O) groups excluding carboxylic acids is 1. The fraction of sp³-hybridized carbons (Fsp3) is 0.353. The largest absolute Gasteiger partial charge is 0.487 e. The lowest BCUT2D eigenvalue weighted by Gasteiger charge is -2.25. The third kappa shape index (κ3) is 3.95. The molecule has 21 heavy (non-hydrogen) atoms. The van der Waals surface area contributed by atoms with Gasteiger partial charge >= 0.3 is 0 Å². The Kier molecular flexibility index (Phi) is 5.17. The van der Waals surface area contributed by atoms with Crippen molar-refractivity contribution in [2.75, 3.05) is 31.5 Å². The molecule has 0 aromatic heterocycles. The number of hydrogen-bond donors (Lipinski definition) is 1. The lowest BCUT2D eigenvalue weighted by Crippen LogP contribution is -2.31. The number of ketones is 1. The first-order valence-electron chi connectivity index (χ1n) is 7.16. The fourth-order valence-electron chi connectivity index (χ4n) is 2.32. The van der Waals surface area contributed by atoms with Crippen LogP contribution in [-0.4, -0.2) is 43.0 Å². The second-order valence-corrected chi connectivity index (χ2v) is 5.21. The van der Waals surface area contributed by atoms with Crippen LogP contribution < -0.4 is 10.1 Å². The Morgan fingerprint density at radius 3 is 2.81 bits per heavy atom. The molecule has 1 N–H and O–H groups in total. The van der Waals surface area contributed by atoms with Crippen molar-refractivity contribution in [2.45, 2.75) is 13.0 Å². The Morgan fingerprint density at radius 2 is 2.14 bits per heavy atom. The van der Waals surface area contributed by atoms with Gasteiger partial charge in [0.15, 0.2) is 5.78 Å². The van der Waals surface area contributed by atoms with Crippen LogP contribution in [0.3, 0.4) is 0 Å². The lowest BCUT2D eigenvalue weighted by atomic mass is 10.1. The van der Waals surface area contributed by atoms with Crippen molar-refractivity contribution in [2.24, 2.45) is 0 Å². The average molecular weight is 286 g/mol. The molecule has 0 fully saturated rings. The first-order valence-corrected chi connectivity index (χ1v) is 7.16. The van der Waals surface area contributed by atoms with E-state index in [0.29, 0.717) is 25.2 Å². The Bertz CT molecular complexity index is 530. The Morgan fingerprint density at radius 1 is 1.43 bits per heavy atom. The van der Waals surface area contributed by atoms with Gasteiger partial charge in [-0.1, -0.05) is 12.2 Å². The molecule has 0 spiro atoms. The molecule has 2 rings (SSSR count). The molecule has 1 aromatic rings. The number of ether oxygens (including phenoxy) is 1. The van der Waals surface area contributed by atoms with Crippen molar-refractivity contribution < 1.29 is 9.53 Å². The summed E-state index contributed by atoms with van der Waals surface area (Å²) in [5.74, 6) is 0.890. The summed E-state index contributed by atoms with van der Waals surface area (Å²) in [4.78, 5) is 14.4. The zero-order valence-corrected chi connectivity index (χ0v) is 12.5. The molecule has 0 aliphatic carbocycles. The van der Waals surface area contributed by atoms with Crippen LogP contribution in [0.5, 0.6) is 5.75 Å². The maximum absolute atomic E-state index is 12.4. The quantitative estimate of drug-likeness (QED) is 0.618. The van der Waals surface area contributed by atoms with Crippen LogP contribution in [0, 0.1) is 0 Å². The zero-order valence-electron chi connectivity index (χ0n) is 12.5. The van der Waals surface area contributed by atoms with Crippen LogP contribution in [0.25, 0.3) is 0 Å². The first-order chi connectivity index (χ1) is 10.1. The van der Waals surface area contributed by atoms with E-state index in [0.717, 1.165) is 18.0 Å². The predicted molar refractivity (Wildman–Crippen MR) is 86.2 cm³/mol. The molecule has 0 bridgehead atoms. The van der Waals surface area contributed by atoms with Gasteiger partial charge in [0.1, 0.15) is 11.9 Å². The number of hydrogen-bond acceptors (Lipinski definition) is 4. The number of fused-ring (bicyclic) bond motifs is 1. The van der Waals surface area contributed by atoms with Crippen molar-refractivity contribution >= 4 is 11.5 Å². The molecule has 1 atom stereocenters. The maximum Gasteiger partial charge on any atom is 0.176 e. The van der Waals surface area contributed by atoms with Crippen LogP contribution in [0.15, 0.2) is 43.5 Å². The molecule has 1 aromatic carbocycles. The van der Waals surface area contributed by atoms with E-state index in [1.807, 2.05) is 30.0 Å². The first kappa shape index (κ1) is 15.3. The molecular formula is C17H22N2O2. The average Bonchev–Trinajstić information content (AvgIpc) is 2.47. The van der Waals surface area contributed by atoms with Crippen LogP contribution in [0.4, 0.5) is 5.69 Å². The third-order valence-corrected chi connectivity index (χ3v) is 3.35. The highest BCUT2D eigenvalue weighted by Gasteiger charge is 2.18. The van der Waals surface area contributed by atoms with Gasteiger partial charge in [0, 0.05) is 18.7 Å². The topological polar surface area (TPSA) is 41.6 Å². The van der Waals surface area contributed by atoms with E-state index in [1.54, 1.807) is 12.2 Å². The molecule has 0 amide bonds. The van der Waals surface area contributed by atoms with Crippen LogP contribution in [0.1, 0.15) is 17.3 Å². The molecule has 0 saturated carbocycles. The fourth-order valence-corrected chi connectivity index (χ4v) is 2.32. The van der Waals surface area contributed by atoms with Gasteiger partial charge in [0.25, 0.3) is 0 Å².